The average molecular weight is 489 g/mol. The van der Waals surface area contributed by atoms with Crippen molar-refractivity contribution >= 4 is 23.3 Å². The summed E-state index contributed by atoms with van der Waals surface area (Å²) in [6.45, 7) is 6.88. The lowest BCUT2D eigenvalue weighted by molar-refractivity contribution is -0.117. The molecule has 36 heavy (non-hydrogen) atoms. The van der Waals surface area contributed by atoms with Gasteiger partial charge in [0.1, 0.15) is 11.7 Å². The molecule has 7 heteroatoms. The molecule has 192 valence electrons. The minimum absolute atomic E-state index is 0.00652. The number of carbonyl (C=O) groups is 1. The van der Waals surface area contributed by atoms with Gasteiger partial charge in [0.2, 0.25) is 5.91 Å². The molecule has 0 aromatic heterocycles. The van der Waals surface area contributed by atoms with Crippen LogP contribution in [-0.2, 0) is 11.2 Å². The van der Waals surface area contributed by atoms with Gasteiger partial charge in [0.25, 0.3) is 0 Å². The zero-order valence-electron chi connectivity index (χ0n) is 21.7. The third-order valence-electron chi connectivity index (χ3n) is 7.99. The minimum Gasteiger partial charge on any atom is -0.384 e. The Morgan fingerprint density at radius 2 is 1.78 bits per heavy atom. The lowest BCUT2D eigenvalue weighted by Crippen LogP contribution is -2.46. The second kappa shape index (κ2) is 10.8. The number of likely N-dealkylation sites (tertiary alicyclic amines) is 1. The molecule has 1 amide bonds. The van der Waals surface area contributed by atoms with Crippen LogP contribution in [0, 0.1) is 10.8 Å². The van der Waals surface area contributed by atoms with Crippen molar-refractivity contribution in [3.63, 3.8) is 0 Å². The fourth-order valence-corrected chi connectivity index (χ4v) is 6.11. The van der Waals surface area contributed by atoms with E-state index in [1.54, 1.807) is 6.07 Å². The Bertz CT molecular complexity index is 1150. The lowest BCUT2D eigenvalue weighted by atomic mass is 9.80. The highest BCUT2D eigenvalue weighted by atomic mass is 16.1. The summed E-state index contributed by atoms with van der Waals surface area (Å²) in [6.07, 6.45) is 7.41. The number of unbranched alkanes of at least 4 members (excludes halogenated alkanes) is 1. The smallest absolute Gasteiger partial charge is 0.232 e. The van der Waals surface area contributed by atoms with Gasteiger partial charge >= 0.3 is 0 Å². The van der Waals surface area contributed by atoms with Gasteiger partial charge in [-0.25, -0.2) is 0 Å². The second-order valence-electron chi connectivity index (χ2n) is 10.5. The molecule has 0 bridgehead atoms. The van der Waals surface area contributed by atoms with Gasteiger partial charge in [-0.05, 0) is 74.4 Å². The fourth-order valence-electron chi connectivity index (χ4n) is 6.11. The molecule has 0 saturated carbocycles. The van der Waals surface area contributed by atoms with E-state index >= 15 is 0 Å². The number of amides is 1. The number of nitrogens with one attached hydrogen (secondary N) is 3. The molecule has 0 aliphatic carbocycles. The molecule has 2 aromatic carbocycles. The van der Waals surface area contributed by atoms with Crippen LogP contribution in [0.25, 0.3) is 0 Å². The van der Waals surface area contributed by atoms with Crippen LogP contribution >= 0.6 is 0 Å². The number of nitrogen functional groups attached to an aromatic ring is 2. The van der Waals surface area contributed by atoms with Crippen LogP contribution in [0.2, 0.25) is 0 Å². The molecular weight excluding hydrogens is 448 g/mol. The SMILES string of the molecule is CCCCC(c1cc(C(=N)N)cc2c1CC(c1cccc(C(=N)N)c1)C(=O)N2)N1C(C)CCCC1C. The molecule has 0 radical (unpaired) electrons. The van der Waals surface area contributed by atoms with E-state index in [0.29, 0.717) is 29.6 Å². The van der Waals surface area contributed by atoms with Gasteiger partial charge in [-0.1, -0.05) is 44.4 Å². The summed E-state index contributed by atoms with van der Waals surface area (Å²) in [4.78, 5) is 16.0. The summed E-state index contributed by atoms with van der Waals surface area (Å²) in [5.41, 5.74) is 16.9. The van der Waals surface area contributed by atoms with Crippen LogP contribution < -0.4 is 16.8 Å². The predicted molar refractivity (Wildman–Crippen MR) is 147 cm³/mol. The molecule has 0 spiro atoms. The van der Waals surface area contributed by atoms with E-state index in [1.807, 2.05) is 24.3 Å². The van der Waals surface area contributed by atoms with Gasteiger partial charge in [-0.15, -0.1) is 0 Å². The molecule has 2 heterocycles. The summed E-state index contributed by atoms with van der Waals surface area (Å²) < 4.78 is 0. The Morgan fingerprint density at radius 3 is 2.42 bits per heavy atom. The number of anilines is 1. The van der Waals surface area contributed by atoms with Crippen LogP contribution in [0.3, 0.4) is 0 Å². The summed E-state index contributed by atoms with van der Waals surface area (Å²) in [5, 5.41) is 19.1. The van der Waals surface area contributed by atoms with Crippen molar-refractivity contribution in [3.8, 4) is 0 Å². The number of benzene rings is 2. The summed E-state index contributed by atoms with van der Waals surface area (Å²) in [7, 11) is 0. The standard InChI is InChI=1S/C29H40N6O/c1-4-5-12-26(35-17(2)8-6-9-18(35)3)24-14-21(28(32)33)15-25-23(24)16-22(29(36)34-25)19-10-7-11-20(13-19)27(30)31/h7,10-11,13-15,17-18,22,26H,4-6,8-9,12,16H2,1-3H3,(H3,30,31)(H3,32,33)(H,34,36). The van der Waals surface area contributed by atoms with E-state index in [-0.39, 0.29) is 29.5 Å². The van der Waals surface area contributed by atoms with Crippen molar-refractivity contribution in [2.75, 3.05) is 5.32 Å². The highest BCUT2D eigenvalue weighted by Gasteiger charge is 2.36. The van der Waals surface area contributed by atoms with E-state index in [1.165, 1.54) is 24.8 Å². The molecule has 2 aliphatic rings. The highest BCUT2D eigenvalue weighted by Crippen LogP contribution is 2.42. The summed E-state index contributed by atoms with van der Waals surface area (Å²) in [6, 6.07) is 12.5. The third-order valence-corrected chi connectivity index (χ3v) is 7.99. The molecule has 4 rings (SSSR count). The Labute approximate surface area is 214 Å². The summed E-state index contributed by atoms with van der Waals surface area (Å²) in [5.74, 6) is -0.451. The number of hydrogen-bond acceptors (Lipinski definition) is 4. The van der Waals surface area contributed by atoms with Crippen molar-refractivity contribution < 1.29 is 4.79 Å². The van der Waals surface area contributed by atoms with Crippen LogP contribution in [0.15, 0.2) is 36.4 Å². The van der Waals surface area contributed by atoms with E-state index in [2.05, 4.69) is 37.1 Å². The largest absolute Gasteiger partial charge is 0.384 e. The maximum Gasteiger partial charge on any atom is 0.232 e. The van der Waals surface area contributed by atoms with E-state index in [0.717, 1.165) is 36.1 Å². The Morgan fingerprint density at radius 1 is 1.08 bits per heavy atom. The molecule has 2 aliphatic heterocycles. The number of rotatable bonds is 8. The van der Waals surface area contributed by atoms with Gasteiger partial charge in [0, 0.05) is 34.9 Å². The first-order chi connectivity index (χ1) is 17.2. The molecule has 2 aromatic rings. The van der Waals surface area contributed by atoms with Crippen LogP contribution in [-0.4, -0.2) is 34.6 Å². The predicted octanol–water partition coefficient (Wildman–Crippen LogP) is 5.03. The van der Waals surface area contributed by atoms with E-state index in [4.69, 9.17) is 22.3 Å². The third kappa shape index (κ3) is 5.16. The molecule has 1 fully saturated rings. The van der Waals surface area contributed by atoms with Crippen molar-refractivity contribution in [3.05, 3.63) is 64.2 Å². The zero-order valence-corrected chi connectivity index (χ0v) is 21.7. The molecule has 7 nitrogen and oxygen atoms in total. The first kappa shape index (κ1) is 25.9. The van der Waals surface area contributed by atoms with Crippen molar-refractivity contribution in [2.24, 2.45) is 11.5 Å². The quantitative estimate of drug-likeness (QED) is 0.263. The van der Waals surface area contributed by atoms with Crippen LogP contribution in [0.1, 0.15) is 99.1 Å². The molecule has 4 unspecified atom stereocenters. The number of nitrogens with two attached hydrogens (primary N) is 2. The maximum absolute atomic E-state index is 13.3. The van der Waals surface area contributed by atoms with Crippen molar-refractivity contribution in [1.29, 1.82) is 10.8 Å². The maximum atomic E-state index is 13.3. The fraction of sp³-hybridized carbons (Fsp3) is 0.483. The van der Waals surface area contributed by atoms with Crippen molar-refractivity contribution in [2.45, 2.75) is 89.8 Å². The van der Waals surface area contributed by atoms with Crippen LogP contribution in [0.5, 0.6) is 0 Å². The monoisotopic (exact) mass is 488 g/mol. The van der Waals surface area contributed by atoms with Crippen molar-refractivity contribution in [1.82, 2.24) is 4.90 Å². The number of nitrogens with zero attached hydrogens (tertiary/aromatic N) is 1. The molecular formula is C29H40N6O. The van der Waals surface area contributed by atoms with Crippen LogP contribution in [0.4, 0.5) is 5.69 Å². The van der Waals surface area contributed by atoms with E-state index in [9.17, 15) is 4.79 Å². The normalized spacial score (nSPS) is 23.0. The Balaban J connectivity index is 1.83. The second-order valence-corrected chi connectivity index (χ2v) is 10.5. The highest BCUT2D eigenvalue weighted by molar-refractivity contribution is 6.03. The topological polar surface area (TPSA) is 132 Å². The zero-order chi connectivity index (χ0) is 26.0. The molecule has 4 atom stereocenters. The molecule has 7 N–H and O–H groups in total. The first-order valence-corrected chi connectivity index (χ1v) is 13.2. The van der Waals surface area contributed by atoms with Gasteiger partial charge in [-0.2, -0.15) is 0 Å². The minimum atomic E-state index is -0.373. The number of fused-ring (bicyclic) bond motifs is 1. The number of piperidine rings is 1. The molecule has 1 saturated heterocycles. The number of amidine groups is 2. The van der Waals surface area contributed by atoms with Gasteiger partial charge in [0.15, 0.2) is 0 Å². The first-order valence-electron chi connectivity index (χ1n) is 13.2. The van der Waals surface area contributed by atoms with E-state index < -0.39 is 0 Å². The number of hydrogen-bond donors (Lipinski definition) is 5. The Hall–Kier alpha value is -3.19. The average Bonchev–Trinajstić information content (AvgIpc) is 2.84. The number of carbonyl (C=O) groups excluding carboxylic acids is 1. The van der Waals surface area contributed by atoms with Gasteiger partial charge in [-0.3, -0.25) is 20.5 Å². The lowest BCUT2D eigenvalue weighted by Gasteiger charge is -2.46. The van der Waals surface area contributed by atoms with Gasteiger partial charge in [0.05, 0.1) is 5.92 Å². The Kier molecular flexibility index (Phi) is 7.79. The van der Waals surface area contributed by atoms with Gasteiger partial charge < -0.3 is 16.8 Å². The summed E-state index contributed by atoms with van der Waals surface area (Å²) >= 11 is 0.